The lowest BCUT2D eigenvalue weighted by molar-refractivity contribution is -0.148. The maximum absolute atomic E-state index is 11.6. The van der Waals surface area contributed by atoms with Crippen LogP contribution < -0.4 is 9.47 Å². The Bertz CT molecular complexity index is 666. The van der Waals surface area contributed by atoms with Gasteiger partial charge in [-0.05, 0) is 23.8 Å². The number of carbonyl (C=O) groups excluding carboxylic acids is 2. The Hall–Kier alpha value is -2.79. The summed E-state index contributed by atoms with van der Waals surface area (Å²) in [5.41, 5.74) is 0.256. The minimum absolute atomic E-state index is 0.256. The molecular formula is C15H16O10. The van der Waals surface area contributed by atoms with Crippen LogP contribution >= 0.6 is 0 Å². The van der Waals surface area contributed by atoms with Gasteiger partial charge in [0, 0.05) is 6.08 Å². The third kappa shape index (κ3) is 6.31. The number of carboxylic acids is 1. The molecule has 2 unspecified atom stereocenters. The van der Waals surface area contributed by atoms with Crippen LogP contribution in [0.15, 0.2) is 24.3 Å². The lowest BCUT2D eigenvalue weighted by atomic mass is 10.2. The standard InChI is InChI=1S/C15H16O10/c16-6-9(18)14(22)24-11-3-1-8(2-4-13(20)21)5-12(11)25-15(23)10(19)7-17/h1-5,9-10,16-19H,6-7H2,(H,20,21). The van der Waals surface area contributed by atoms with E-state index in [2.05, 4.69) is 0 Å². The minimum Gasteiger partial charge on any atom is -0.478 e. The molecule has 2 atom stereocenters. The Morgan fingerprint density at radius 3 is 1.96 bits per heavy atom. The first-order valence-corrected chi connectivity index (χ1v) is 6.84. The van der Waals surface area contributed by atoms with Gasteiger partial charge in [-0.1, -0.05) is 6.07 Å². The molecule has 1 aromatic rings. The van der Waals surface area contributed by atoms with E-state index in [0.717, 1.165) is 24.3 Å². The summed E-state index contributed by atoms with van der Waals surface area (Å²) in [6, 6.07) is 3.61. The van der Waals surface area contributed by atoms with Crippen LogP contribution in [0.25, 0.3) is 6.08 Å². The summed E-state index contributed by atoms with van der Waals surface area (Å²) in [7, 11) is 0. The summed E-state index contributed by atoms with van der Waals surface area (Å²) in [6.45, 7) is -1.80. The lowest BCUT2D eigenvalue weighted by Crippen LogP contribution is -2.30. The first kappa shape index (κ1) is 20.3. The largest absolute Gasteiger partial charge is 0.478 e. The third-order valence-corrected chi connectivity index (χ3v) is 2.70. The average molecular weight is 356 g/mol. The Balaban J connectivity index is 3.14. The smallest absolute Gasteiger partial charge is 0.342 e. The van der Waals surface area contributed by atoms with Gasteiger partial charge < -0.3 is 35.0 Å². The number of aliphatic hydroxyl groups excluding tert-OH is 4. The molecule has 0 heterocycles. The Morgan fingerprint density at radius 1 is 0.960 bits per heavy atom. The van der Waals surface area contributed by atoms with E-state index in [1.807, 2.05) is 0 Å². The maximum atomic E-state index is 11.6. The van der Waals surface area contributed by atoms with Gasteiger partial charge in [0.2, 0.25) is 0 Å². The average Bonchev–Trinajstić information content (AvgIpc) is 2.59. The molecule has 0 saturated heterocycles. The van der Waals surface area contributed by atoms with Crippen LogP contribution in [0.1, 0.15) is 5.56 Å². The fourth-order valence-electron chi connectivity index (χ4n) is 1.46. The van der Waals surface area contributed by atoms with Crippen molar-refractivity contribution in [3.8, 4) is 11.5 Å². The second-order valence-electron chi connectivity index (χ2n) is 4.62. The first-order valence-electron chi connectivity index (χ1n) is 6.84. The second-order valence-corrected chi connectivity index (χ2v) is 4.62. The van der Waals surface area contributed by atoms with Gasteiger partial charge in [0.05, 0.1) is 13.2 Å². The number of aliphatic hydroxyl groups is 4. The fraction of sp³-hybridized carbons (Fsp3) is 0.267. The topological polar surface area (TPSA) is 171 Å². The van der Waals surface area contributed by atoms with E-state index in [9.17, 15) is 24.6 Å². The number of hydrogen-bond acceptors (Lipinski definition) is 9. The van der Waals surface area contributed by atoms with Crippen LogP contribution in [0.4, 0.5) is 0 Å². The normalized spacial score (nSPS) is 13.3. The Morgan fingerprint density at radius 2 is 1.48 bits per heavy atom. The van der Waals surface area contributed by atoms with Gasteiger partial charge >= 0.3 is 17.9 Å². The molecule has 5 N–H and O–H groups in total. The molecule has 0 bridgehead atoms. The molecule has 0 saturated carbocycles. The van der Waals surface area contributed by atoms with Gasteiger partial charge in [0.25, 0.3) is 0 Å². The molecular weight excluding hydrogens is 340 g/mol. The molecule has 0 fully saturated rings. The second kappa shape index (κ2) is 9.49. The quantitative estimate of drug-likeness (QED) is 0.205. The molecule has 10 heteroatoms. The first-order chi connectivity index (χ1) is 11.8. The van der Waals surface area contributed by atoms with Gasteiger partial charge in [-0.15, -0.1) is 0 Å². The highest BCUT2D eigenvalue weighted by Gasteiger charge is 2.22. The van der Waals surface area contributed by atoms with E-state index in [0.29, 0.717) is 0 Å². The Kier molecular flexibility index (Phi) is 7.69. The number of benzene rings is 1. The summed E-state index contributed by atoms with van der Waals surface area (Å²) < 4.78 is 9.59. The zero-order valence-corrected chi connectivity index (χ0v) is 12.7. The number of esters is 2. The molecule has 0 aromatic heterocycles. The molecule has 0 aliphatic heterocycles. The van der Waals surface area contributed by atoms with Crippen LogP contribution in [-0.2, 0) is 14.4 Å². The van der Waals surface area contributed by atoms with Gasteiger partial charge in [0.1, 0.15) is 0 Å². The van der Waals surface area contributed by atoms with E-state index in [4.69, 9.17) is 24.8 Å². The van der Waals surface area contributed by atoms with Crippen molar-refractivity contribution in [3.05, 3.63) is 29.8 Å². The van der Waals surface area contributed by atoms with Crippen molar-refractivity contribution >= 4 is 24.0 Å². The van der Waals surface area contributed by atoms with Crippen LogP contribution in [0.3, 0.4) is 0 Å². The van der Waals surface area contributed by atoms with E-state index < -0.39 is 43.3 Å². The molecule has 0 amide bonds. The third-order valence-electron chi connectivity index (χ3n) is 2.70. The predicted molar refractivity (Wildman–Crippen MR) is 80.6 cm³/mol. The van der Waals surface area contributed by atoms with Crippen molar-refractivity contribution in [2.75, 3.05) is 13.2 Å². The SMILES string of the molecule is O=C(O)C=Cc1ccc(OC(=O)C(O)CO)c(OC(=O)C(O)CO)c1. The molecule has 1 rings (SSSR count). The summed E-state index contributed by atoms with van der Waals surface area (Å²) in [5, 5.41) is 44.5. The number of rotatable bonds is 8. The molecule has 10 nitrogen and oxygen atoms in total. The number of aliphatic carboxylic acids is 1. The van der Waals surface area contributed by atoms with Gasteiger partial charge in [0.15, 0.2) is 23.7 Å². The van der Waals surface area contributed by atoms with Crippen molar-refractivity contribution < 1.29 is 49.4 Å². The molecule has 0 radical (unpaired) electrons. The highest BCUT2D eigenvalue weighted by Crippen LogP contribution is 2.30. The van der Waals surface area contributed by atoms with Crippen molar-refractivity contribution in [1.82, 2.24) is 0 Å². The molecule has 25 heavy (non-hydrogen) atoms. The van der Waals surface area contributed by atoms with Gasteiger partial charge in [-0.3, -0.25) is 0 Å². The van der Waals surface area contributed by atoms with E-state index in [1.54, 1.807) is 0 Å². The maximum Gasteiger partial charge on any atom is 0.342 e. The Labute approximate surface area is 141 Å². The van der Waals surface area contributed by atoms with E-state index >= 15 is 0 Å². The molecule has 0 aliphatic carbocycles. The predicted octanol–water partition coefficient (Wildman–Crippen LogP) is -1.70. The van der Waals surface area contributed by atoms with Crippen molar-refractivity contribution in [2.45, 2.75) is 12.2 Å². The van der Waals surface area contributed by atoms with Gasteiger partial charge in [-0.25, -0.2) is 14.4 Å². The number of carboxylic acid groups (broad SMARTS) is 1. The summed E-state index contributed by atoms with van der Waals surface area (Å²) in [6.07, 6.45) is -1.69. The molecule has 136 valence electrons. The van der Waals surface area contributed by atoms with Crippen LogP contribution in [0.2, 0.25) is 0 Å². The van der Waals surface area contributed by atoms with Crippen LogP contribution in [0.5, 0.6) is 11.5 Å². The van der Waals surface area contributed by atoms with Crippen LogP contribution in [-0.4, -0.2) is 68.9 Å². The van der Waals surface area contributed by atoms with Crippen molar-refractivity contribution in [3.63, 3.8) is 0 Å². The highest BCUT2D eigenvalue weighted by molar-refractivity contribution is 5.86. The molecule has 0 spiro atoms. The fourth-order valence-corrected chi connectivity index (χ4v) is 1.46. The summed E-state index contributed by atoms with van der Waals surface area (Å²) in [4.78, 5) is 33.6. The molecule has 1 aromatic carbocycles. The van der Waals surface area contributed by atoms with Gasteiger partial charge in [-0.2, -0.15) is 0 Å². The number of ether oxygens (including phenoxy) is 2. The molecule has 0 aliphatic rings. The van der Waals surface area contributed by atoms with Crippen molar-refractivity contribution in [2.24, 2.45) is 0 Å². The lowest BCUT2D eigenvalue weighted by Gasteiger charge is -2.14. The van der Waals surface area contributed by atoms with E-state index in [-0.39, 0.29) is 17.1 Å². The summed E-state index contributed by atoms with van der Waals surface area (Å²) >= 11 is 0. The highest BCUT2D eigenvalue weighted by atomic mass is 16.6. The van der Waals surface area contributed by atoms with Crippen LogP contribution in [0, 0.1) is 0 Å². The van der Waals surface area contributed by atoms with E-state index in [1.165, 1.54) is 6.07 Å². The summed E-state index contributed by atoms with van der Waals surface area (Å²) in [5.74, 6) is -4.40. The minimum atomic E-state index is -1.84. The monoisotopic (exact) mass is 356 g/mol. The van der Waals surface area contributed by atoms with Crippen molar-refractivity contribution in [1.29, 1.82) is 0 Å². The number of carbonyl (C=O) groups is 3. The zero-order chi connectivity index (χ0) is 19.0. The zero-order valence-electron chi connectivity index (χ0n) is 12.7. The number of hydrogen-bond donors (Lipinski definition) is 5.